The van der Waals surface area contributed by atoms with E-state index in [-0.39, 0.29) is 22.7 Å². The van der Waals surface area contributed by atoms with Crippen LogP contribution in [0.25, 0.3) is 11.0 Å². The fraction of sp³-hybridized carbons (Fsp3) is 0.286. The minimum atomic E-state index is -3.29. The highest BCUT2D eigenvalue weighted by molar-refractivity contribution is 7.90. The smallest absolute Gasteiger partial charge is 0.319 e. The zero-order valence-corrected chi connectivity index (χ0v) is 16.8. The van der Waals surface area contributed by atoms with Crippen LogP contribution < -0.4 is 10.6 Å². The van der Waals surface area contributed by atoms with Crippen molar-refractivity contribution in [2.24, 2.45) is 5.92 Å². The molecule has 6 nitrogen and oxygen atoms in total. The van der Waals surface area contributed by atoms with Crippen molar-refractivity contribution in [1.29, 1.82) is 0 Å². The molecular formula is C21H21FN2O4S. The number of aryl methyl sites for hydroxylation is 1. The number of hydrogen-bond acceptors (Lipinski definition) is 4. The lowest BCUT2D eigenvalue weighted by Crippen LogP contribution is -2.33. The topological polar surface area (TPSA) is 88.4 Å². The highest BCUT2D eigenvalue weighted by Gasteiger charge is 2.37. The van der Waals surface area contributed by atoms with Crippen LogP contribution in [0.4, 0.5) is 14.9 Å². The van der Waals surface area contributed by atoms with E-state index in [0.29, 0.717) is 22.4 Å². The van der Waals surface area contributed by atoms with Gasteiger partial charge in [-0.2, -0.15) is 0 Å². The lowest BCUT2D eigenvalue weighted by Gasteiger charge is -2.17. The molecule has 0 radical (unpaired) electrons. The van der Waals surface area contributed by atoms with Gasteiger partial charge in [0.15, 0.2) is 9.84 Å². The summed E-state index contributed by atoms with van der Waals surface area (Å²) < 4.78 is 42.6. The molecule has 2 N–H and O–H groups in total. The molecular weight excluding hydrogens is 395 g/mol. The Hall–Kier alpha value is -2.87. The van der Waals surface area contributed by atoms with Gasteiger partial charge in [-0.1, -0.05) is 0 Å². The molecule has 29 heavy (non-hydrogen) atoms. The average molecular weight is 416 g/mol. The van der Waals surface area contributed by atoms with Gasteiger partial charge < -0.3 is 15.1 Å². The van der Waals surface area contributed by atoms with E-state index in [2.05, 4.69) is 10.6 Å². The molecule has 1 fully saturated rings. The number of sulfone groups is 1. The summed E-state index contributed by atoms with van der Waals surface area (Å²) in [4.78, 5) is 12.7. The van der Waals surface area contributed by atoms with E-state index in [0.717, 1.165) is 24.7 Å². The minimum absolute atomic E-state index is 0.185. The summed E-state index contributed by atoms with van der Waals surface area (Å²) >= 11 is 0. The van der Waals surface area contributed by atoms with Gasteiger partial charge in [0.25, 0.3) is 0 Å². The van der Waals surface area contributed by atoms with Crippen molar-refractivity contribution >= 4 is 32.5 Å². The van der Waals surface area contributed by atoms with Gasteiger partial charge in [-0.05, 0) is 68.1 Å². The van der Waals surface area contributed by atoms with Gasteiger partial charge in [0.1, 0.15) is 17.2 Å². The third-order valence-electron chi connectivity index (χ3n) is 5.14. The van der Waals surface area contributed by atoms with E-state index in [1.165, 1.54) is 36.4 Å². The molecule has 1 atom stereocenters. The van der Waals surface area contributed by atoms with Gasteiger partial charge in [0, 0.05) is 22.9 Å². The largest absolute Gasteiger partial charge is 0.459 e. The Morgan fingerprint density at radius 1 is 1.17 bits per heavy atom. The zero-order valence-electron chi connectivity index (χ0n) is 16.0. The number of nitrogens with one attached hydrogen (secondary N) is 2. The monoisotopic (exact) mass is 416 g/mol. The first-order chi connectivity index (χ1) is 13.7. The number of urea groups is 1. The maximum Gasteiger partial charge on any atom is 0.319 e. The lowest BCUT2D eigenvalue weighted by molar-refractivity contribution is 0.244. The Kier molecular flexibility index (Phi) is 4.82. The third kappa shape index (κ3) is 4.12. The number of halogens is 1. The number of rotatable bonds is 5. The fourth-order valence-corrected chi connectivity index (χ4v) is 4.06. The van der Waals surface area contributed by atoms with Crippen LogP contribution in [0.3, 0.4) is 0 Å². The minimum Gasteiger partial charge on any atom is -0.459 e. The van der Waals surface area contributed by atoms with Gasteiger partial charge in [0.05, 0.1) is 10.9 Å². The Morgan fingerprint density at radius 3 is 2.48 bits per heavy atom. The van der Waals surface area contributed by atoms with Crippen LogP contribution in [0.2, 0.25) is 0 Å². The van der Waals surface area contributed by atoms with Gasteiger partial charge >= 0.3 is 6.03 Å². The number of fused-ring (bicyclic) bond motifs is 1. The summed E-state index contributed by atoms with van der Waals surface area (Å²) in [6.45, 7) is 1.86. The van der Waals surface area contributed by atoms with Gasteiger partial charge in [-0.3, -0.25) is 0 Å². The Balaban J connectivity index is 1.53. The molecule has 0 aliphatic heterocycles. The first-order valence-corrected chi connectivity index (χ1v) is 11.2. The molecule has 4 rings (SSSR count). The van der Waals surface area contributed by atoms with Crippen LogP contribution >= 0.6 is 0 Å². The summed E-state index contributed by atoms with van der Waals surface area (Å²) in [7, 11) is -3.29. The number of anilines is 1. The highest BCUT2D eigenvalue weighted by Crippen LogP contribution is 2.44. The van der Waals surface area contributed by atoms with Crippen molar-refractivity contribution in [2.75, 3.05) is 11.6 Å². The fourth-order valence-electron chi connectivity index (χ4n) is 3.43. The molecule has 0 saturated heterocycles. The summed E-state index contributed by atoms with van der Waals surface area (Å²) in [5.74, 6) is 0.562. The number of benzene rings is 2. The molecule has 1 aromatic heterocycles. The van der Waals surface area contributed by atoms with E-state index in [1.807, 2.05) is 6.92 Å². The molecule has 2 amide bonds. The molecule has 1 aliphatic rings. The molecule has 1 heterocycles. The maximum absolute atomic E-state index is 13.6. The zero-order chi connectivity index (χ0) is 20.8. The molecule has 1 saturated carbocycles. The highest BCUT2D eigenvalue weighted by atomic mass is 32.2. The SMILES string of the molecule is Cc1c(C(NC(=O)Nc2ccc(S(C)(=O)=O)cc2)C2CC2)oc2ccc(F)cc12. The van der Waals surface area contributed by atoms with Crippen molar-refractivity contribution in [3.63, 3.8) is 0 Å². The molecule has 2 aromatic carbocycles. The molecule has 0 bridgehead atoms. The van der Waals surface area contributed by atoms with Crippen LogP contribution in [0.5, 0.6) is 0 Å². The average Bonchev–Trinajstić information content (AvgIpc) is 3.45. The normalized spacial score (nSPS) is 15.3. The number of amides is 2. The number of carbonyl (C=O) groups excluding carboxylic acids is 1. The number of furan rings is 1. The summed E-state index contributed by atoms with van der Waals surface area (Å²) in [5.41, 5.74) is 1.88. The van der Waals surface area contributed by atoms with E-state index in [9.17, 15) is 17.6 Å². The quantitative estimate of drug-likeness (QED) is 0.638. The van der Waals surface area contributed by atoms with E-state index >= 15 is 0 Å². The predicted octanol–water partition coefficient (Wildman–Crippen LogP) is 4.56. The van der Waals surface area contributed by atoms with Crippen LogP contribution in [-0.2, 0) is 9.84 Å². The number of carbonyl (C=O) groups is 1. The van der Waals surface area contributed by atoms with Crippen molar-refractivity contribution < 1.29 is 22.0 Å². The van der Waals surface area contributed by atoms with Crippen LogP contribution in [-0.4, -0.2) is 20.7 Å². The van der Waals surface area contributed by atoms with Gasteiger partial charge in [0.2, 0.25) is 0 Å². The summed E-state index contributed by atoms with van der Waals surface area (Å²) in [5, 5.41) is 6.37. The van der Waals surface area contributed by atoms with Gasteiger partial charge in [-0.25, -0.2) is 17.6 Å². The Morgan fingerprint density at radius 2 is 1.86 bits per heavy atom. The third-order valence-corrected chi connectivity index (χ3v) is 6.27. The van der Waals surface area contributed by atoms with Crippen molar-refractivity contribution in [3.05, 3.63) is 59.6 Å². The molecule has 1 aliphatic carbocycles. The maximum atomic E-state index is 13.6. The first kappa shape index (κ1) is 19.4. The second kappa shape index (κ2) is 7.18. The molecule has 8 heteroatoms. The Bertz CT molecular complexity index is 1180. The standard InChI is InChI=1S/C21H21FN2O4S/c1-12-17-11-14(22)5-10-18(17)28-20(12)19(13-3-4-13)24-21(25)23-15-6-8-16(9-7-15)29(2,26)27/h5-11,13,19H,3-4H2,1-2H3,(H2,23,24,25). The molecule has 3 aromatic rings. The van der Waals surface area contributed by atoms with E-state index in [1.54, 1.807) is 6.07 Å². The predicted molar refractivity (Wildman–Crippen MR) is 108 cm³/mol. The van der Waals surface area contributed by atoms with Crippen molar-refractivity contribution in [2.45, 2.75) is 30.7 Å². The second-order valence-corrected chi connectivity index (χ2v) is 9.46. The molecule has 0 spiro atoms. The van der Waals surface area contributed by atoms with Crippen molar-refractivity contribution in [3.8, 4) is 0 Å². The van der Waals surface area contributed by atoms with E-state index in [4.69, 9.17) is 4.42 Å². The Labute approximate surface area is 168 Å². The van der Waals surface area contributed by atoms with Crippen LogP contribution in [0.1, 0.15) is 30.2 Å². The number of hydrogen-bond donors (Lipinski definition) is 2. The molecule has 1 unspecified atom stereocenters. The van der Waals surface area contributed by atoms with Crippen LogP contribution in [0.15, 0.2) is 51.8 Å². The first-order valence-electron chi connectivity index (χ1n) is 9.28. The van der Waals surface area contributed by atoms with Gasteiger partial charge in [-0.15, -0.1) is 0 Å². The lowest BCUT2D eigenvalue weighted by atomic mass is 10.0. The summed E-state index contributed by atoms with van der Waals surface area (Å²) in [6, 6.07) is 9.61. The second-order valence-electron chi connectivity index (χ2n) is 7.44. The van der Waals surface area contributed by atoms with Crippen LogP contribution in [0, 0.1) is 18.7 Å². The summed E-state index contributed by atoms with van der Waals surface area (Å²) in [6.07, 6.45) is 3.07. The van der Waals surface area contributed by atoms with E-state index < -0.39 is 15.9 Å². The van der Waals surface area contributed by atoms with Crippen molar-refractivity contribution in [1.82, 2.24) is 5.32 Å². The molecule has 152 valence electrons.